The third-order valence-corrected chi connectivity index (χ3v) is 8.79. The lowest BCUT2D eigenvalue weighted by atomic mass is 10.1. The fourth-order valence-electron chi connectivity index (χ4n) is 4.07. The van der Waals surface area contributed by atoms with Crippen LogP contribution in [0.25, 0.3) is 28.2 Å². The second-order valence-corrected chi connectivity index (χ2v) is 11.3. The second kappa shape index (κ2) is 8.43. The van der Waals surface area contributed by atoms with Gasteiger partial charge in [0.15, 0.2) is 22.1 Å². The van der Waals surface area contributed by atoms with Crippen LogP contribution in [-0.4, -0.2) is 65.0 Å². The highest BCUT2D eigenvalue weighted by Gasteiger charge is 2.50. The van der Waals surface area contributed by atoms with Gasteiger partial charge in [-0.15, -0.1) is 0 Å². The van der Waals surface area contributed by atoms with Gasteiger partial charge in [0.05, 0.1) is 18.2 Å². The first-order valence-corrected chi connectivity index (χ1v) is 13.5. The first-order chi connectivity index (χ1) is 16.0. The number of fused-ring (bicyclic) bond motifs is 3. The lowest BCUT2D eigenvalue weighted by Gasteiger charge is -2.30. The number of nitrogens with zero attached hydrogens (tertiary/aromatic N) is 4. The SMILES string of the molecule is O=c1c2nc(Br)n([C@@H]3OC4COP(SCO)O[C@H]4C3O)c2nc2[nH]c(-c3ccccc3)cn12. The highest BCUT2D eigenvalue weighted by molar-refractivity contribution is 9.10. The van der Waals surface area contributed by atoms with Gasteiger partial charge in [-0.25, -0.2) is 9.38 Å². The molecule has 1 aromatic carbocycles. The fourth-order valence-corrected chi connectivity index (χ4v) is 6.80. The van der Waals surface area contributed by atoms with Crippen LogP contribution in [0.2, 0.25) is 0 Å². The predicted molar refractivity (Wildman–Crippen MR) is 125 cm³/mol. The zero-order valence-electron chi connectivity index (χ0n) is 16.7. The summed E-state index contributed by atoms with van der Waals surface area (Å²) in [5, 5.41) is 20.1. The summed E-state index contributed by atoms with van der Waals surface area (Å²) in [6, 6.07) is 9.60. The van der Waals surface area contributed by atoms with E-state index in [4.69, 9.17) is 18.9 Å². The van der Waals surface area contributed by atoms with Crippen molar-refractivity contribution in [2.45, 2.75) is 24.5 Å². The highest BCUT2D eigenvalue weighted by atomic mass is 79.9. The molecule has 11 nitrogen and oxygen atoms in total. The zero-order chi connectivity index (χ0) is 22.7. The van der Waals surface area contributed by atoms with Crippen molar-refractivity contribution in [3.8, 4) is 11.3 Å². The Morgan fingerprint density at radius 2 is 2.12 bits per heavy atom. The minimum absolute atomic E-state index is 0.138. The van der Waals surface area contributed by atoms with E-state index in [2.05, 4.69) is 30.9 Å². The highest BCUT2D eigenvalue weighted by Crippen LogP contribution is 2.57. The standard InChI is InChI=1S/C19H17BrN5O6PS/c20-18-22-12-15(23-19-21-10(6-24(19)16(12)28)9-4-2-1-3-5-9)25(18)17-13(27)14-11(30-17)7-29-32(31-14)33-8-26/h1-6,11,13-14,17,26-27H,7-8H2,(H,21,23)/t11?,13?,14-,17-,32?/m1/s1. The molecule has 5 atom stereocenters. The van der Waals surface area contributed by atoms with Crippen molar-refractivity contribution in [1.82, 2.24) is 23.9 Å². The molecule has 14 heteroatoms. The van der Waals surface area contributed by atoms with Gasteiger partial charge < -0.3 is 29.0 Å². The molecule has 6 rings (SSSR count). The maximum atomic E-state index is 13.2. The van der Waals surface area contributed by atoms with Crippen molar-refractivity contribution in [3.05, 3.63) is 51.6 Å². The molecule has 0 spiro atoms. The van der Waals surface area contributed by atoms with Crippen LogP contribution in [0.3, 0.4) is 0 Å². The molecular weight excluding hydrogens is 537 g/mol. The summed E-state index contributed by atoms with van der Waals surface area (Å²) in [6.45, 7) is 0.221. The molecule has 4 aromatic rings. The molecule has 3 unspecified atom stereocenters. The number of benzene rings is 1. The van der Waals surface area contributed by atoms with Gasteiger partial charge >= 0.3 is 0 Å². The number of aromatic nitrogens is 5. The fraction of sp³-hybridized carbons (Fsp3) is 0.316. The number of rotatable bonds is 4. The molecule has 3 N–H and O–H groups in total. The number of nitrogens with one attached hydrogen (secondary N) is 1. The number of aromatic amines is 1. The number of aliphatic hydroxyl groups excluding tert-OH is 2. The van der Waals surface area contributed by atoms with Crippen LogP contribution in [0, 0.1) is 0 Å². The third kappa shape index (κ3) is 3.55. The van der Waals surface area contributed by atoms with E-state index >= 15 is 0 Å². The Kier molecular flexibility index (Phi) is 5.54. The van der Waals surface area contributed by atoms with Crippen LogP contribution in [0.1, 0.15) is 6.23 Å². The Hall–Kier alpha value is -1.83. The van der Waals surface area contributed by atoms with Crippen LogP contribution in [-0.2, 0) is 13.8 Å². The minimum atomic E-state index is -1.38. The molecule has 33 heavy (non-hydrogen) atoms. The van der Waals surface area contributed by atoms with Crippen molar-refractivity contribution in [3.63, 3.8) is 0 Å². The molecule has 3 aromatic heterocycles. The summed E-state index contributed by atoms with van der Waals surface area (Å²) in [5.74, 6) is 0.193. The van der Waals surface area contributed by atoms with E-state index in [0.717, 1.165) is 22.6 Å². The van der Waals surface area contributed by atoms with Crippen molar-refractivity contribution in [1.29, 1.82) is 0 Å². The number of aliphatic hydroxyl groups is 2. The van der Waals surface area contributed by atoms with Crippen molar-refractivity contribution in [2.24, 2.45) is 0 Å². The number of halogens is 1. The lowest BCUT2D eigenvalue weighted by Crippen LogP contribution is -2.38. The maximum absolute atomic E-state index is 13.2. The topological polar surface area (TPSA) is 136 Å². The van der Waals surface area contributed by atoms with Crippen LogP contribution in [0.15, 0.2) is 46.1 Å². The van der Waals surface area contributed by atoms with Gasteiger partial charge in [0.25, 0.3) is 5.56 Å². The molecule has 2 aliphatic rings. The summed E-state index contributed by atoms with van der Waals surface area (Å²) in [4.78, 5) is 25.4. The number of ether oxygens (including phenoxy) is 1. The number of hydrogen-bond acceptors (Lipinski definition) is 9. The van der Waals surface area contributed by atoms with Crippen molar-refractivity contribution < 1.29 is 24.0 Å². The van der Waals surface area contributed by atoms with E-state index < -0.39 is 32.1 Å². The van der Waals surface area contributed by atoms with E-state index in [0.29, 0.717) is 10.5 Å². The van der Waals surface area contributed by atoms with E-state index in [1.54, 1.807) is 10.8 Å². The first kappa shape index (κ1) is 21.7. The molecular formula is C19H17BrN5O6PS. The van der Waals surface area contributed by atoms with Gasteiger partial charge in [-0.1, -0.05) is 30.3 Å². The van der Waals surface area contributed by atoms with Gasteiger partial charge in [0, 0.05) is 6.20 Å². The van der Waals surface area contributed by atoms with Gasteiger partial charge in [0.1, 0.15) is 18.3 Å². The Bertz CT molecular complexity index is 1400. The van der Waals surface area contributed by atoms with E-state index in [1.807, 2.05) is 30.3 Å². The molecule has 5 heterocycles. The van der Waals surface area contributed by atoms with Crippen LogP contribution < -0.4 is 5.56 Å². The minimum Gasteiger partial charge on any atom is -0.386 e. The number of H-pyrrole nitrogens is 1. The van der Waals surface area contributed by atoms with Gasteiger partial charge in [-0.2, -0.15) is 4.98 Å². The Morgan fingerprint density at radius 1 is 1.30 bits per heavy atom. The molecule has 2 fully saturated rings. The Morgan fingerprint density at radius 3 is 2.91 bits per heavy atom. The van der Waals surface area contributed by atoms with Gasteiger partial charge in [-0.05, 0) is 32.9 Å². The van der Waals surface area contributed by atoms with E-state index in [9.17, 15) is 9.90 Å². The quantitative estimate of drug-likeness (QED) is 0.197. The average Bonchev–Trinajstić information content (AvgIpc) is 3.49. The summed E-state index contributed by atoms with van der Waals surface area (Å²) >= 11 is 4.52. The molecule has 0 aliphatic carbocycles. The summed E-state index contributed by atoms with van der Waals surface area (Å²) in [5.41, 5.74) is 1.71. The summed E-state index contributed by atoms with van der Waals surface area (Å²) in [6.07, 6.45) is -1.41. The van der Waals surface area contributed by atoms with Crippen molar-refractivity contribution in [2.75, 3.05) is 12.5 Å². The molecule has 2 saturated heterocycles. The Labute approximate surface area is 199 Å². The normalized spacial score (nSPS) is 27.4. The molecule has 2 aliphatic heterocycles. The predicted octanol–water partition coefficient (Wildman–Crippen LogP) is 2.39. The van der Waals surface area contributed by atoms with Gasteiger partial charge in [0.2, 0.25) is 13.4 Å². The van der Waals surface area contributed by atoms with Crippen LogP contribution in [0.5, 0.6) is 0 Å². The molecule has 0 saturated carbocycles. The Balaban J connectivity index is 1.42. The largest absolute Gasteiger partial charge is 0.386 e. The zero-order valence-corrected chi connectivity index (χ0v) is 20.0. The first-order valence-electron chi connectivity index (χ1n) is 9.96. The monoisotopic (exact) mass is 553 g/mol. The summed E-state index contributed by atoms with van der Waals surface area (Å²) in [7, 11) is -1.38. The van der Waals surface area contributed by atoms with Crippen LogP contribution in [0.4, 0.5) is 0 Å². The molecule has 172 valence electrons. The van der Waals surface area contributed by atoms with Gasteiger partial charge in [-0.3, -0.25) is 9.36 Å². The molecule has 0 amide bonds. The number of hydrogen-bond donors (Lipinski definition) is 3. The third-order valence-electron chi connectivity index (χ3n) is 5.57. The lowest BCUT2D eigenvalue weighted by molar-refractivity contribution is -0.0534. The maximum Gasteiger partial charge on any atom is 0.287 e. The smallest absolute Gasteiger partial charge is 0.287 e. The molecule has 0 radical (unpaired) electrons. The average molecular weight is 554 g/mol. The molecule has 0 bridgehead atoms. The van der Waals surface area contributed by atoms with E-state index in [-0.39, 0.29) is 29.3 Å². The number of imidazole rings is 2. The second-order valence-electron chi connectivity index (χ2n) is 7.47. The van der Waals surface area contributed by atoms with E-state index in [1.165, 1.54) is 4.40 Å². The van der Waals surface area contributed by atoms with Crippen molar-refractivity contribution >= 4 is 51.8 Å². The van der Waals surface area contributed by atoms with Crippen LogP contribution >= 0.6 is 34.9 Å². The summed E-state index contributed by atoms with van der Waals surface area (Å²) < 4.78 is 20.7.